The van der Waals surface area contributed by atoms with Crippen LogP contribution in [0.5, 0.6) is 0 Å². The summed E-state index contributed by atoms with van der Waals surface area (Å²) >= 11 is 1.09. The number of nitriles is 1. The van der Waals surface area contributed by atoms with E-state index in [1.807, 2.05) is 0 Å². The third-order valence-electron chi connectivity index (χ3n) is 2.86. The van der Waals surface area contributed by atoms with Crippen molar-refractivity contribution in [2.45, 2.75) is 32.2 Å². The molecule has 1 amide bonds. The van der Waals surface area contributed by atoms with Crippen molar-refractivity contribution in [2.75, 3.05) is 0 Å². The molecule has 1 heterocycles. The van der Waals surface area contributed by atoms with Crippen LogP contribution < -0.4 is 5.32 Å². The van der Waals surface area contributed by atoms with Crippen molar-refractivity contribution in [3.8, 4) is 6.07 Å². The fraction of sp³-hybridized carbons (Fsp3) is 0.600. The van der Waals surface area contributed by atoms with Crippen molar-refractivity contribution < 1.29 is 4.79 Å². The Labute approximate surface area is 97.6 Å². The number of aromatic nitrogens is 2. The van der Waals surface area contributed by atoms with Gasteiger partial charge in [-0.05, 0) is 37.7 Å². The number of aryl methyl sites for hydroxylation is 1. The van der Waals surface area contributed by atoms with Crippen LogP contribution in [-0.2, 0) is 0 Å². The lowest BCUT2D eigenvalue weighted by Gasteiger charge is -2.14. The van der Waals surface area contributed by atoms with Gasteiger partial charge in [-0.15, -0.1) is 5.10 Å². The van der Waals surface area contributed by atoms with Crippen molar-refractivity contribution in [1.82, 2.24) is 14.9 Å². The van der Waals surface area contributed by atoms with Gasteiger partial charge in [0.25, 0.3) is 5.91 Å². The normalized spacial score (nSPS) is 24.0. The average Bonchev–Trinajstić information content (AvgIpc) is 2.86. The lowest BCUT2D eigenvalue weighted by Crippen LogP contribution is -2.36. The van der Waals surface area contributed by atoms with Crippen LogP contribution in [0.3, 0.4) is 0 Å². The van der Waals surface area contributed by atoms with E-state index in [1.165, 1.54) is 0 Å². The molecule has 1 aromatic rings. The molecule has 1 N–H and O–H groups in total. The maximum Gasteiger partial charge on any atom is 0.265 e. The van der Waals surface area contributed by atoms with E-state index in [2.05, 4.69) is 21.0 Å². The summed E-state index contributed by atoms with van der Waals surface area (Å²) in [4.78, 5) is 12.4. The Morgan fingerprint density at radius 2 is 2.44 bits per heavy atom. The summed E-state index contributed by atoms with van der Waals surface area (Å²) in [6.45, 7) is 1.76. The molecule has 1 aromatic heterocycles. The summed E-state index contributed by atoms with van der Waals surface area (Å²) in [6, 6.07) is 2.22. The van der Waals surface area contributed by atoms with E-state index in [9.17, 15) is 4.79 Å². The van der Waals surface area contributed by atoms with Gasteiger partial charge in [-0.1, -0.05) is 4.49 Å². The molecule has 1 saturated carbocycles. The summed E-state index contributed by atoms with van der Waals surface area (Å²) in [6.07, 6.45) is 2.76. The molecule has 2 unspecified atom stereocenters. The van der Waals surface area contributed by atoms with Gasteiger partial charge < -0.3 is 5.32 Å². The van der Waals surface area contributed by atoms with Gasteiger partial charge in [0.2, 0.25) is 0 Å². The van der Waals surface area contributed by atoms with E-state index in [4.69, 9.17) is 5.26 Å². The molecular formula is C10H12N4OS. The quantitative estimate of drug-likeness (QED) is 0.838. The Hall–Kier alpha value is -1.48. The first-order valence-corrected chi connectivity index (χ1v) is 5.99. The minimum atomic E-state index is -0.153. The highest BCUT2D eigenvalue weighted by Crippen LogP contribution is 2.25. The highest BCUT2D eigenvalue weighted by atomic mass is 32.1. The van der Waals surface area contributed by atoms with Gasteiger partial charge in [-0.2, -0.15) is 5.26 Å². The van der Waals surface area contributed by atoms with Gasteiger partial charge >= 0.3 is 0 Å². The molecule has 0 bridgehead atoms. The second kappa shape index (κ2) is 4.58. The Morgan fingerprint density at radius 1 is 1.62 bits per heavy atom. The predicted octanol–water partition coefficient (Wildman–Crippen LogP) is 1.27. The first-order valence-electron chi connectivity index (χ1n) is 5.22. The van der Waals surface area contributed by atoms with Crippen LogP contribution in [0, 0.1) is 24.2 Å². The van der Waals surface area contributed by atoms with Gasteiger partial charge in [0.15, 0.2) is 0 Å². The highest BCUT2D eigenvalue weighted by Gasteiger charge is 2.29. The molecule has 1 aliphatic carbocycles. The minimum absolute atomic E-state index is 0.0148. The fourth-order valence-corrected chi connectivity index (χ4v) is 2.52. The Balaban J connectivity index is 2.03. The molecule has 0 spiro atoms. The average molecular weight is 236 g/mol. The summed E-state index contributed by atoms with van der Waals surface area (Å²) in [5.74, 6) is -0.204. The number of hydrogen-bond donors (Lipinski definition) is 1. The van der Waals surface area contributed by atoms with E-state index in [1.54, 1.807) is 6.92 Å². The van der Waals surface area contributed by atoms with Crippen LogP contribution in [0.1, 0.15) is 34.6 Å². The first kappa shape index (κ1) is 11.0. The van der Waals surface area contributed by atoms with Crippen molar-refractivity contribution in [2.24, 2.45) is 5.92 Å². The lowest BCUT2D eigenvalue weighted by atomic mass is 10.1. The second-order valence-electron chi connectivity index (χ2n) is 3.93. The summed E-state index contributed by atoms with van der Waals surface area (Å²) in [5, 5.41) is 15.6. The van der Waals surface area contributed by atoms with E-state index in [0.29, 0.717) is 10.6 Å². The molecule has 5 nitrogen and oxygen atoms in total. The van der Waals surface area contributed by atoms with Gasteiger partial charge in [0.1, 0.15) is 4.88 Å². The smallest absolute Gasteiger partial charge is 0.265 e. The Morgan fingerprint density at radius 3 is 3.06 bits per heavy atom. The van der Waals surface area contributed by atoms with Crippen LogP contribution in [0.4, 0.5) is 0 Å². The highest BCUT2D eigenvalue weighted by molar-refractivity contribution is 7.08. The van der Waals surface area contributed by atoms with Crippen molar-refractivity contribution in [1.29, 1.82) is 5.26 Å². The maximum atomic E-state index is 11.9. The van der Waals surface area contributed by atoms with Crippen LogP contribution in [-0.4, -0.2) is 21.5 Å². The van der Waals surface area contributed by atoms with Gasteiger partial charge in [-0.3, -0.25) is 4.79 Å². The van der Waals surface area contributed by atoms with Crippen molar-refractivity contribution in [3.05, 3.63) is 10.6 Å². The molecule has 0 radical (unpaired) electrons. The van der Waals surface area contributed by atoms with E-state index >= 15 is 0 Å². The zero-order valence-corrected chi connectivity index (χ0v) is 9.75. The van der Waals surface area contributed by atoms with Crippen LogP contribution in [0.2, 0.25) is 0 Å². The topological polar surface area (TPSA) is 78.7 Å². The maximum absolute atomic E-state index is 11.9. The third kappa shape index (κ3) is 2.04. The summed E-state index contributed by atoms with van der Waals surface area (Å²) in [5.41, 5.74) is 0.647. The molecule has 16 heavy (non-hydrogen) atoms. The standard InChI is InChI=1S/C10H12N4OS/c1-6-9(16-14-13-6)10(15)12-8-4-2-3-7(8)5-11/h7-8H,2-4H2,1H3,(H,12,15). The number of hydrogen-bond acceptors (Lipinski definition) is 5. The largest absolute Gasteiger partial charge is 0.347 e. The molecule has 1 fully saturated rings. The SMILES string of the molecule is Cc1nnsc1C(=O)NC1CCCC1C#N. The zero-order valence-electron chi connectivity index (χ0n) is 8.93. The van der Waals surface area contributed by atoms with Crippen LogP contribution >= 0.6 is 11.5 Å². The number of nitrogens with one attached hydrogen (secondary N) is 1. The number of rotatable bonds is 2. The molecule has 84 valence electrons. The predicted molar refractivity (Wildman–Crippen MR) is 58.9 cm³/mol. The molecule has 0 saturated heterocycles. The van der Waals surface area contributed by atoms with Crippen LogP contribution in [0.25, 0.3) is 0 Å². The molecule has 6 heteroatoms. The van der Waals surface area contributed by atoms with E-state index in [0.717, 1.165) is 30.8 Å². The zero-order chi connectivity index (χ0) is 11.5. The molecule has 0 aromatic carbocycles. The number of carbonyl (C=O) groups is 1. The van der Waals surface area contributed by atoms with Gasteiger partial charge in [0.05, 0.1) is 17.7 Å². The number of amides is 1. The lowest BCUT2D eigenvalue weighted by molar-refractivity contribution is 0.0936. The molecular weight excluding hydrogens is 224 g/mol. The molecule has 0 aliphatic heterocycles. The fourth-order valence-electron chi connectivity index (χ4n) is 1.96. The molecule has 2 atom stereocenters. The first-order chi connectivity index (χ1) is 7.72. The number of carbonyl (C=O) groups excluding carboxylic acids is 1. The van der Waals surface area contributed by atoms with E-state index < -0.39 is 0 Å². The van der Waals surface area contributed by atoms with Crippen LogP contribution in [0.15, 0.2) is 0 Å². The monoisotopic (exact) mass is 236 g/mol. The summed E-state index contributed by atoms with van der Waals surface area (Å²) in [7, 11) is 0. The van der Waals surface area contributed by atoms with Crippen molar-refractivity contribution in [3.63, 3.8) is 0 Å². The second-order valence-corrected chi connectivity index (χ2v) is 4.69. The minimum Gasteiger partial charge on any atom is -0.347 e. The Kier molecular flexibility index (Phi) is 3.15. The molecule has 2 rings (SSSR count). The third-order valence-corrected chi connectivity index (χ3v) is 3.68. The summed E-state index contributed by atoms with van der Waals surface area (Å²) < 4.78 is 3.72. The Bertz CT molecular complexity index is 436. The number of nitrogens with zero attached hydrogens (tertiary/aromatic N) is 3. The van der Waals surface area contributed by atoms with Gasteiger partial charge in [0, 0.05) is 6.04 Å². The van der Waals surface area contributed by atoms with E-state index in [-0.39, 0.29) is 17.9 Å². The van der Waals surface area contributed by atoms with Gasteiger partial charge in [-0.25, -0.2) is 0 Å². The molecule has 1 aliphatic rings. The van der Waals surface area contributed by atoms with Crippen molar-refractivity contribution >= 4 is 17.4 Å².